The van der Waals surface area contributed by atoms with Crippen LogP contribution in [0.15, 0.2) is 54.6 Å². The van der Waals surface area contributed by atoms with Crippen molar-refractivity contribution in [1.82, 2.24) is 4.90 Å². The molecular formula is C23H25NO3. The minimum atomic E-state index is -0.575. The van der Waals surface area contributed by atoms with E-state index in [-0.39, 0.29) is 12.0 Å². The van der Waals surface area contributed by atoms with E-state index in [1.807, 2.05) is 30.3 Å². The van der Waals surface area contributed by atoms with Crippen molar-refractivity contribution in [2.24, 2.45) is 5.92 Å². The zero-order valence-corrected chi connectivity index (χ0v) is 15.7. The Hall–Kier alpha value is -2.30. The monoisotopic (exact) mass is 363 g/mol. The molecule has 0 bridgehead atoms. The van der Waals surface area contributed by atoms with Gasteiger partial charge in [0.05, 0.1) is 0 Å². The number of nitrogens with zero attached hydrogens (tertiary/aromatic N) is 1. The predicted molar refractivity (Wildman–Crippen MR) is 104 cm³/mol. The number of ether oxygens (including phenoxy) is 2. The quantitative estimate of drug-likeness (QED) is 0.848. The van der Waals surface area contributed by atoms with E-state index in [0.29, 0.717) is 18.6 Å². The highest BCUT2D eigenvalue weighted by molar-refractivity contribution is 5.58. The standard InChI is InChI=1S/C23H25NO3/c1-24(2)17-12-15-8-11-19(26-13-14-6-4-3-5-7-14)23-20(15)21-16(17)9-10-18(25)22(21)27-23/h3-11,16-18,21-22,25H,12-13H2,1-2H3/t16?,17?,18-,21?,22?/m0/s1. The highest BCUT2D eigenvalue weighted by Crippen LogP contribution is 2.55. The summed E-state index contributed by atoms with van der Waals surface area (Å²) in [5, 5.41) is 10.5. The first-order valence-electron chi connectivity index (χ1n) is 9.65. The van der Waals surface area contributed by atoms with Gasteiger partial charge in [-0.15, -0.1) is 0 Å². The second-order valence-corrected chi connectivity index (χ2v) is 8.04. The topological polar surface area (TPSA) is 41.9 Å². The van der Waals surface area contributed by atoms with E-state index in [0.717, 1.165) is 23.5 Å². The summed E-state index contributed by atoms with van der Waals surface area (Å²) in [7, 11) is 4.27. The van der Waals surface area contributed by atoms with Gasteiger partial charge in [-0.25, -0.2) is 0 Å². The van der Waals surface area contributed by atoms with Gasteiger partial charge in [0.1, 0.15) is 18.8 Å². The Balaban J connectivity index is 1.52. The predicted octanol–water partition coefficient (Wildman–Crippen LogP) is 3.14. The normalized spacial score (nSPS) is 30.1. The second-order valence-electron chi connectivity index (χ2n) is 8.04. The smallest absolute Gasteiger partial charge is 0.165 e. The Morgan fingerprint density at radius 3 is 2.70 bits per heavy atom. The van der Waals surface area contributed by atoms with E-state index in [1.165, 1.54) is 11.1 Å². The van der Waals surface area contributed by atoms with Crippen molar-refractivity contribution >= 4 is 0 Å². The summed E-state index contributed by atoms with van der Waals surface area (Å²) >= 11 is 0. The van der Waals surface area contributed by atoms with E-state index in [4.69, 9.17) is 9.47 Å². The maximum absolute atomic E-state index is 10.5. The lowest BCUT2D eigenvalue weighted by atomic mass is 9.67. The van der Waals surface area contributed by atoms with E-state index < -0.39 is 6.10 Å². The summed E-state index contributed by atoms with van der Waals surface area (Å²) in [5.74, 6) is 2.16. The minimum absolute atomic E-state index is 0.191. The van der Waals surface area contributed by atoms with Gasteiger partial charge in [-0.1, -0.05) is 48.6 Å². The molecule has 0 radical (unpaired) electrons. The molecule has 5 rings (SSSR count). The van der Waals surface area contributed by atoms with Gasteiger partial charge in [-0.2, -0.15) is 0 Å². The van der Waals surface area contributed by atoms with Crippen molar-refractivity contribution in [3.63, 3.8) is 0 Å². The molecule has 3 aliphatic rings. The Morgan fingerprint density at radius 1 is 1.11 bits per heavy atom. The van der Waals surface area contributed by atoms with Gasteiger partial charge in [-0.05, 0) is 37.7 Å². The molecule has 4 nitrogen and oxygen atoms in total. The molecule has 0 aromatic heterocycles. The van der Waals surface area contributed by atoms with Gasteiger partial charge in [0, 0.05) is 23.4 Å². The molecule has 2 aliphatic carbocycles. The summed E-state index contributed by atoms with van der Waals surface area (Å²) in [4.78, 5) is 2.30. The lowest BCUT2D eigenvalue weighted by Gasteiger charge is -2.43. The molecule has 5 atom stereocenters. The molecule has 0 spiro atoms. The maximum atomic E-state index is 10.5. The molecule has 1 heterocycles. The van der Waals surface area contributed by atoms with Crippen molar-refractivity contribution in [2.75, 3.05) is 14.1 Å². The Labute approximate surface area is 160 Å². The fourth-order valence-electron chi connectivity index (χ4n) is 4.93. The number of hydrogen-bond donors (Lipinski definition) is 1. The Kier molecular flexibility index (Phi) is 3.99. The lowest BCUT2D eigenvalue weighted by molar-refractivity contribution is 0.0341. The van der Waals surface area contributed by atoms with Gasteiger partial charge in [-0.3, -0.25) is 0 Å². The van der Waals surface area contributed by atoms with Crippen molar-refractivity contribution in [3.05, 3.63) is 71.3 Å². The first-order chi connectivity index (χ1) is 13.1. The summed E-state index contributed by atoms with van der Waals surface area (Å²) in [5.41, 5.74) is 3.70. The fourth-order valence-corrected chi connectivity index (χ4v) is 4.93. The number of aliphatic hydroxyl groups is 1. The van der Waals surface area contributed by atoms with Crippen molar-refractivity contribution in [3.8, 4) is 11.5 Å². The van der Waals surface area contributed by atoms with Crippen LogP contribution in [0.5, 0.6) is 11.5 Å². The Morgan fingerprint density at radius 2 is 1.93 bits per heavy atom. The Bertz CT molecular complexity index is 877. The van der Waals surface area contributed by atoms with Crippen LogP contribution in [-0.4, -0.2) is 42.4 Å². The van der Waals surface area contributed by atoms with Crippen LogP contribution >= 0.6 is 0 Å². The van der Waals surface area contributed by atoms with E-state index in [2.05, 4.69) is 43.3 Å². The third kappa shape index (κ3) is 2.67. The molecule has 2 aromatic rings. The van der Waals surface area contributed by atoms with Crippen LogP contribution in [0, 0.1) is 5.92 Å². The SMILES string of the molecule is CN(C)C1Cc2ccc(OCc3ccccc3)c3c2C2C1C=C[C@H](O)C2O3. The van der Waals surface area contributed by atoms with Crippen LogP contribution < -0.4 is 9.47 Å². The van der Waals surface area contributed by atoms with E-state index in [9.17, 15) is 5.11 Å². The second kappa shape index (κ2) is 6.39. The molecule has 1 N–H and O–H groups in total. The zero-order valence-electron chi connectivity index (χ0n) is 15.7. The van der Waals surface area contributed by atoms with Gasteiger partial charge < -0.3 is 19.5 Å². The first-order valence-corrected chi connectivity index (χ1v) is 9.65. The van der Waals surface area contributed by atoms with Crippen molar-refractivity contribution in [2.45, 2.75) is 37.2 Å². The number of aliphatic hydroxyl groups excluding tert-OH is 1. The van der Waals surface area contributed by atoms with Gasteiger partial charge in [0.2, 0.25) is 0 Å². The number of hydrogen-bond acceptors (Lipinski definition) is 4. The highest BCUT2D eigenvalue weighted by atomic mass is 16.5. The number of rotatable bonds is 4. The van der Waals surface area contributed by atoms with E-state index >= 15 is 0 Å². The average Bonchev–Trinajstić information content (AvgIpc) is 3.09. The van der Waals surface area contributed by atoms with Crippen LogP contribution in [0.1, 0.15) is 22.6 Å². The fraction of sp³-hybridized carbons (Fsp3) is 0.391. The van der Waals surface area contributed by atoms with Crippen LogP contribution in [0.2, 0.25) is 0 Å². The van der Waals surface area contributed by atoms with Crippen LogP contribution in [0.4, 0.5) is 0 Å². The molecular weight excluding hydrogens is 338 g/mol. The molecule has 4 heteroatoms. The van der Waals surface area contributed by atoms with Crippen molar-refractivity contribution in [1.29, 1.82) is 0 Å². The third-order valence-electron chi connectivity index (χ3n) is 6.25. The van der Waals surface area contributed by atoms with Crippen LogP contribution in [0.25, 0.3) is 0 Å². The summed E-state index contributed by atoms with van der Waals surface area (Å²) in [6, 6.07) is 14.8. The molecule has 2 aromatic carbocycles. The average molecular weight is 363 g/mol. The molecule has 1 aliphatic heterocycles. The molecule has 140 valence electrons. The van der Waals surface area contributed by atoms with Gasteiger partial charge in [0.15, 0.2) is 11.5 Å². The minimum Gasteiger partial charge on any atom is -0.485 e. The molecule has 0 saturated carbocycles. The van der Waals surface area contributed by atoms with Crippen LogP contribution in [-0.2, 0) is 13.0 Å². The number of benzene rings is 2. The molecule has 0 amide bonds. The highest BCUT2D eigenvalue weighted by Gasteiger charge is 2.51. The first kappa shape index (κ1) is 16.8. The zero-order chi connectivity index (χ0) is 18.5. The van der Waals surface area contributed by atoms with E-state index in [1.54, 1.807) is 0 Å². The summed E-state index contributed by atoms with van der Waals surface area (Å²) < 4.78 is 12.4. The molecule has 27 heavy (non-hydrogen) atoms. The summed E-state index contributed by atoms with van der Waals surface area (Å²) in [6.45, 7) is 0.510. The molecule has 4 unspecified atom stereocenters. The third-order valence-corrected chi connectivity index (χ3v) is 6.25. The number of likely N-dealkylation sites (N-methyl/N-ethyl adjacent to an activating group) is 1. The van der Waals surface area contributed by atoms with Crippen LogP contribution in [0.3, 0.4) is 0 Å². The largest absolute Gasteiger partial charge is 0.485 e. The maximum Gasteiger partial charge on any atom is 0.165 e. The molecule has 0 saturated heterocycles. The lowest BCUT2D eigenvalue weighted by Crippen LogP contribution is -2.48. The van der Waals surface area contributed by atoms with Gasteiger partial charge in [0.25, 0.3) is 0 Å². The van der Waals surface area contributed by atoms with Gasteiger partial charge >= 0.3 is 0 Å². The summed E-state index contributed by atoms with van der Waals surface area (Å²) in [6.07, 6.45) is 4.29. The molecule has 0 fully saturated rings. The van der Waals surface area contributed by atoms with Crippen molar-refractivity contribution < 1.29 is 14.6 Å².